The van der Waals surface area contributed by atoms with Crippen LogP contribution in [0, 0.1) is 0 Å². The Bertz CT molecular complexity index is 863. The number of allylic oxidation sites excluding steroid dienone is 4. The van der Waals surface area contributed by atoms with Crippen molar-refractivity contribution < 1.29 is 4.74 Å². The third-order valence-corrected chi connectivity index (χ3v) is 6.13. The van der Waals surface area contributed by atoms with Crippen molar-refractivity contribution in [3.63, 3.8) is 0 Å². The summed E-state index contributed by atoms with van der Waals surface area (Å²) in [6, 6.07) is 8.37. The summed E-state index contributed by atoms with van der Waals surface area (Å²) in [5.41, 5.74) is 7.18. The van der Waals surface area contributed by atoms with Crippen LogP contribution in [0.4, 0.5) is 0 Å². The van der Waals surface area contributed by atoms with Crippen molar-refractivity contribution in [3.8, 4) is 5.75 Å². The largest absolute Gasteiger partial charge is 0.494 e. The number of aromatic nitrogens is 1. The minimum atomic E-state index is 0.765. The van der Waals surface area contributed by atoms with Gasteiger partial charge < -0.3 is 15.0 Å². The van der Waals surface area contributed by atoms with Gasteiger partial charge in [-0.3, -0.25) is 0 Å². The number of hydrogen-bond acceptors (Lipinski definition) is 5. The fourth-order valence-corrected chi connectivity index (χ4v) is 4.41. The smallest absolute Gasteiger partial charge is 0.119 e. The molecule has 1 fully saturated rings. The van der Waals surface area contributed by atoms with Gasteiger partial charge in [-0.25, -0.2) is 4.98 Å². The highest BCUT2D eigenvalue weighted by Crippen LogP contribution is 2.20. The number of likely N-dealkylation sites (tertiary alicyclic amines) is 1. The van der Waals surface area contributed by atoms with Crippen molar-refractivity contribution >= 4 is 16.9 Å². The molecule has 5 heteroatoms. The second kappa shape index (κ2) is 12.5. The van der Waals surface area contributed by atoms with Crippen LogP contribution >= 0.6 is 11.3 Å². The molecule has 0 bridgehead atoms. The van der Waals surface area contributed by atoms with Gasteiger partial charge in [-0.15, -0.1) is 11.3 Å². The third-order valence-electron chi connectivity index (χ3n) is 5.54. The van der Waals surface area contributed by atoms with Crippen molar-refractivity contribution in [2.75, 3.05) is 26.2 Å². The van der Waals surface area contributed by atoms with Crippen molar-refractivity contribution in [3.05, 3.63) is 76.5 Å². The fraction of sp³-hybridized carbons (Fsp3) is 0.423. The maximum Gasteiger partial charge on any atom is 0.119 e. The predicted molar refractivity (Wildman–Crippen MR) is 132 cm³/mol. The zero-order valence-corrected chi connectivity index (χ0v) is 19.7. The zero-order chi connectivity index (χ0) is 21.9. The van der Waals surface area contributed by atoms with E-state index in [9.17, 15) is 0 Å². The summed E-state index contributed by atoms with van der Waals surface area (Å²) in [4.78, 5) is 6.97. The Morgan fingerprint density at radius 2 is 2.00 bits per heavy atom. The number of nitrogens with one attached hydrogen (secondary N) is 1. The maximum atomic E-state index is 5.94. The van der Waals surface area contributed by atoms with Gasteiger partial charge in [0.1, 0.15) is 5.75 Å². The molecule has 1 aliphatic heterocycles. The number of rotatable bonds is 11. The van der Waals surface area contributed by atoms with Crippen LogP contribution in [0.25, 0.3) is 5.57 Å². The van der Waals surface area contributed by atoms with Gasteiger partial charge in [0.05, 0.1) is 17.8 Å². The minimum Gasteiger partial charge on any atom is -0.494 e. The topological polar surface area (TPSA) is 37.4 Å². The van der Waals surface area contributed by atoms with Gasteiger partial charge in [-0.2, -0.15) is 0 Å². The summed E-state index contributed by atoms with van der Waals surface area (Å²) >= 11 is 1.61. The predicted octanol–water partition coefficient (Wildman–Crippen LogP) is 6.05. The molecule has 1 N–H and O–H groups in total. The zero-order valence-electron chi connectivity index (χ0n) is 18.9. The van der Waals surface area contributed by atoms with Crippen LogP contribution in [0.1, 0.15) is 50.8 Å². The summed E-state index contributed by atoms with van der Waals surface area (Å²) < 4.78 is 5.94. The Hall–Kier alpha value is -2.37. The second-order valence-electron chi connectivity index (χ2n) is 8.07. The third kappa shape index (κ3) is 7.67. The molecule has 2 heterocycles. The van der Waals surface area contributed by atoms with Crippen molar-refractivity contribution in [2.45, 2.75) is 46.0 Å². The quantitative estimate of drug-likeness (QED) is 0.343. The lowest BCUT2D eigenvalue weighted by molar-refractivity contribution is 0.205. The lowest BCUT2D eigenvalue weighted by Crippen LogP contribution is -2.31. The van der Waals surface area contributed by atoms with Crippen LogP contribution in [0.3, 0.4) is 0 Å². The molecule has 1 aliphatic rings. The minimum absolute atomic E-state index is 0.765. The molecule has 31 heavy (non-hydrogen) atoms. The van der Waals surface area contributed by atoms with Gasteiger partial charge in [-0.05, 0) is 75.5 Å². The summed E-state index contributed by atoms with van der Waals surface area (Å²) in [6.45, 7) is 12.8. The van der Waals surface area contributed by atoms with E-state index in [1.165, 1.54) is 37.9 Å². The average molecular weight is 438 g/mol. The number of ether oxygens (including phenoxy) is 1. The first-order valence-electron chi connectivity index (χ1n) is 11.3. The molecule has 0 unspecified atom stereocenters. The van der Waals surface area contributed by atoms with E-state index in [0.29, 0.717) is 0 Å². The molecule has 0 radical (unpaired) electrons. The molecule has 3 rings (SSSR count). The number of benzene rings is 1. The molecule has 4 nitrogen and oxygen atoms in total. The number of nitrogens with zero attached hydrogens (tertiary/aromatic N) is 2. The molecule has 166 valence electrons. The van der Waals surface area contributed by atoms with Gasteiger partial charge in [0, 0.05) is 29.7 Å². The van der Waals surface area contributed by atoms with Gasteiger partial charge in [0.15, 0.2) is 0 Å². The fourth-order valence-electron chi connectivity index (χ4n) is 3.81. The van der Waals surface area contributed by atoms with E-state index in [1.54, 1.807) is 11.3 Å². The lowest BCUT2D eigenvalue weighted by atomic mass is 10.1. The summed E-state index contributed by atoms with van der Waals surface area (Å²) in [6.07, 6.45) is 10.0. The Labute approximate surface area is 191 Å². The summed E-state index contributed by atoms with van der Waals surface area (Å²) in [5, 5.41) is 5.53. The highest BCUT2D eigenvalue weighted by atomic mass is 32.1. The van der Waals surface area contributed by atoms with E-state index in [2.05, 4.69) is 64.4 Å². The second-order valence-corrected chi connectivity index (χ2v) is 8.78. The molecule has 1 aromatic carbocycles. The van der Waals surface area contributed by atoms with Gasteiger partial charge in [-0.1, -0.05) is 31.2 Å². The van der Waals surface area contributed by atoms with Gasteiger partial charge >= 0.3 is 0 Å². The molecular formula is C26H35N3OS. The monoisotopic (exact) mass is 437 g/mol. The van der Waals surface area contributed by atoms with Gasteiger partial charge in [0.2, 0.25) is 0 Å². The Balaban J connectivity index is 1.46. The Kier molecular flexibility index (Phi) is 9.38. The molecule has 1 aromatic heterocycles. The lowest BCUT2D eigenvalue weighted by Gasteiger charge is -2.26. The molecule has 1 saturated heterocycles. The van der Waals surface area contributed by atoms with Crippen LogP contribution in [0.5, 0.6) is 5.75 Å². The molecule has 0 spiro atoms. The van der Waals surface area contributed by atoms with Crippen molar-refractivity contribution in [2.24, 2.45) is 0 Å². The molecule has 0 atom stereocenters. The van der Waals surface area contributed by atoms with E-state index in [1.807, 2.05) is 18.5 Å². The number of hydrogen-bond donors (Lipinski definition) is 1. The molecule has 0 amide bonds. The Morgan fingerprint density at radius 3 is 2.68 bits per heavy atom. The maximum absolute atomic E-state index is 5.94. The van der Waals surface area contributed by atoms with E-state index in [-0.39, 0.29) is 0 Å². The van der Waals surface area contributed by atoms with Crippen LogP contribution in [0.2, 0.25) is 0 Å². The number of thiazole rings is 1. The molecule has 0 aliphatic carbocycles. The molecular weight excluding hydrogens is 402 g/mol. The normalized spacial score (nSPS) is 15.7. The first kappa shape index (κ1) is 23.3. The number of piperidine rings is 1. The van der Waals surface area contributed by atoms with E-state index in [4.69, 9.17) is 4.74 Å². The standard InChI is InChI=1S/C26H35N3OS/c1-4-9-25(22(3)26-19-31-20-27-26)28-21(2)18-23-10-12-24(13-11-23)30-17-8-16-29-14-6-5-7-15-29/h4,9-13,19-20,28H,2,5-8,14-18H2,1,3H3/b9-4-,25-22-. The van der Waals surface area contributed by atoms with Crippen LogP contribution in [-0.4, -0.2) is 36.1 Å². The SMILES string of the molecule is C=C(Cc1ccc(OCCCN2CCCCC2)cc1)NC(/C=C\C)=C(/C)c1cscn1. The summed E-state index contributed by atoms with van der Waals surface area (Å²) in [7, 11) is 0. The Morgan fingerprint density at radius 1 is 1.23 bits per heavy atom. The summed E-state index contributed by atoms with van der Waals surface area (Å²) in [5.74, 6) is 0.940. The van der Waals surface area contributed by atoms with Gasteiger partial charge in [0.25, 0.3) is 0 Å². The first-order valence-corrected chi connectivity index (χ1v) is 12.2. The molecule has 0 saturated carbocycles. The van der Waals surface area contributed by atoms with Crippen LogP contribution in [0.15, 0.2) is 65.3 Å². The van der Waals surface area contributed by atoms with Crippen molar-refractivity contribution in [1.29, 1.82) is 0 Å². The average Bonchev–Trinajstić information content (AvgIpc) is 3.33. The van der Waals surface area contributed by atoms with Crippen LogP contribution < -0.4 is 10.1 Å². The first-order chi connectivity index (χ1) is 15.2. The van der Waals surface area contributed by atoms with E-state index >= 15 is 0 Å². The highest BCUT2D eigenvalue weighted by Gasteiger charge is 2.09. The van der Waals surface area contributed by atoms with E-state index < -0.39 is 0 Å². The van der Waals surface area contributed by atoms with E-state index in [0.717, 1.165) is 54.4 Å². The highest BCUT2D eigenvalue weighted by molar-refractivity contribution is 7.07. The molecule has 2 aromatic rings. The van der Waals surface area contributed by atoms with Crippen molar-refractivity contribution in [1.82, 2.24) is 15.2 Å². The van der Waals surface area contributed by atoms with Crippen LogP contribution in [-0.2, 0) is 6.42 Å².